The highest BCUT2D eigenvalue weighted by Crippen LogP contribution is 2.16. The van der Waals surface area contributed by atoms with Crippen molar-refractivity contribution in [3.63, 3.8) is 0 Å². The van der Waals surface area contributed by atoms with Crippen LogP contribution in [0.3, 0.4) is 0 Å². The highest BCUT2D eigenvalue weighted by atomic mass is 127. The number of primary amides is 1. The number of carbonyl (C=O) groups is 2. The Kier molecular flexibility index (Phi) is 15.1. The summed E-state index contributed by atoms with van der Waals surface area (Å²) in [5.74, 6) is 0.800. The monoisotopic (exact) mass is 524 g/mol. The van der Waals surface area contributed by atoms with E-state index in [2.05, 4.69) is 15.2 Å². The molecule has 3 N–H and O–H groups in total. The molecule has 0 spiro atoms. The van der Waals surface area contributed by atoms with Gasteiger partial charge in [-0.2, -0.15) is 0 Å². The van der Waals surface area contributed by atoms with Crippen LogP contribution in [0.1, 0.15) is 46.5 Å². The van der Waals surface area contributed by atoms with Gasteiger partial charge in [0.15, 0.2) is 5.96 Å². The molecule has 1 aliphatic rings. The zero-order valence-corrected chi connectivity index (χ0v) is 21.0. The molecule has 1 heterocycles. The van der Waals surface area contributed by atoms with E-state index < -0.39 is 0 Å². The fourth-order valence-corrected chi connectivity index (χ4v) is 3.50. The number of aliphatic imine (C=N–C) groups is 1. The lowest BCUT2D eigenvalue weighted by Crippen LogP contribution is -2.45. The topological polar surface area (TPSA) is 94.3 Å². The highest BCUT2D eigenvalue weighted by molar-refractivity contribution is 14.0. The number of halogens is 1. The predicted octanol–water partition coefficient (Wildman–Crippen LogP) is 1.35. The molecule has 1 fully saturated rings. The maximum atomic E-state index is 12.3. The van der Waals surface area contributed by atoms with E-state index in [9.17, 15) is 9.59 Å². The Morgan fingerprint density at radius 2 is 1.76 bits per heavy atom. The third-order valence-corrected chi connectivity index (χ3v) is 5.32. The van der Waals surface area contributed by atoms with Crippen LogP contribution in [-0.2, 0) is 9.59 Å². The molecule has 2 amide bonds. The van der Waals surface area contributed by atoms with E-state index in [4.69, 9.17) is 5.73 Å². The molecule has 0 aromatic carbocycles. The van der Waals surface area contributed by atoms with Gasteiger partial charge in [-0.15, -0.1) is 24.0 Å². The van der Waals surface area contributed by atoms with Gasteiger partial charge in [-0.1, -0.05) is 0 Å². The molecule has 0 aliphatic carbocycles. The molecule has 29 heavy (non-hydrogen) atoms. The zero-order chi connectivity index (χ0) is 20.9. The van der Waals surface area contributed by atoms with Gasteiger partial charge < -0.3 is 25.8 Å². The number of likely N-dealkylation sites (tertiary alicyclic amines) is 1. The van der Waals surface area contributed by atoms with Crippen LogP contribution in [0.5, 0.6) is 0 Å². The van der Waals surface area contributed by atoms with Crippen LogP contribution in [0.25, 0.3) is 0 Å². The number of guanidine groups is 1. The molecular formula is C20H41IN6O2. The van der Waals surface area contributed by atoms with Crippen molar-refractivity contribution in [3.05, 3.63) is 0 Å². The first kappa shape index (κ1) is 27.9. The Hall–Kier alpha value is -1.10. The van der Waals surface area contributed by atoms with Gasteiger partial charge in [0.25, 0.3) is 0 Å². The molecule has 8 nitrogen and oxygen atoms in total. The average Bonchev–Trinajstić information content (AvgIpc) is 2.68. The van der Waals surface area contributed by atoms with Crippen molar-refractivity contribution < 1.29 is 9.59 Å². The van der Waals surface area contributed by atoms with Crippen molar-refractivity contribution >= 4 is 41.8 Å². The van der Waals surface area contributed by atoms with Crippen molar-refractivity contribution in [2.45, 2.75) is 46.5 Å². The van der Waals surface area contributed by atoms with E-state index in [0.717, 1.165) is 77.5 Å². The number of nitrogens with two attached hydrogens (primary N) is 1. The number of amides is 2. The molecule has 170 valence electrons. The fourth-order valence-electron chi connectivity index (χ4n) is 3.50. The number of nitrogens with one attached hydrogen (secondary N) is 1. The van der Waals surface area contributed by atoms with Crippen LogP contribution in [0.2, 0.25) is 0 Å². The van der Waals surface area contributed by atoms with E-state index in [0.29, 0.717) is 6.54 Å². The van der Waals surface area contributed by atoms with Crippen LogP contribution < -0.4 is 11.1 Å². The van der Waals surface area contributed by atoms with Crippen molar-refractivity contribution in [1.82, 2.24) is 20.0 Å². The molecular weight excluding hydrogens is 483 g/mol. The summed E-state index contributed by atoms with van der Waals surface area (Å²) in [5.41, 5.74) is 5.39. The summed E-state index contributed by atoms with van der Waals surface area (Å²) in [6, 6.07) is 0. The number of likely N-dealkylation sites (N-methyl/N-ethyl adjacent to an activating group) is 2. The third-order valence-electron chi connectivity index (χ3n) is 5.32. The van der Waals surface area contributed by atoms with Crippen molar-refractivity contribution in [1.29, 1.82) is 0 Å². The Labute approximate surface area is 193 Å². The summed E-state index contributed by atoms with van der Waals surface area (Å²) in [6.45, 7) is 12.3. The van der Waals surface area contributed by atoms with E-state index in [1.54, 1.807) is 0 Å². The highest BCUT2D eigenvalue weighted by Gasteiger charge is 2.22. The summed E-state index contributed by atoms with van der Waals surface area (Å²) >= 11 is 0. The maximum Gasteiger partial charge on any atom is 0.242 e. The van der Waals surface area contributed by atoms with Crippen LogP contribution in [-0.4, -0.2) is 91.9 Å². The van der Waals surface area contributed by atoms with Crippen molar-refractivity contribution in [3.8, 4) is 0 Å². The van der Waals surface area contributed by atoms with Crippen LogP contribution in [0.4, 0.5) is 0 Å². The van der Waals surface area contributed by atoms with Gasteiger partial charge >= 0.3 is 0 Å². The first-order valence-corrected chi connectivity index (χ1v) is 10.7. The molecule has 9 heteroatoms. The lowest BCUT2D eigenvalue weighted by atomic mass is 9.96. The third kappa shape index (κ3) is 10.5. The summed E-state index contributed by atoms with van der Waals surface area (Å²) in [6.07, 6.45) is 3.83. The van der Waals surface area contributed by atoms with Crippen molar-refractivity contribution in [2.75, 3.05) is 59.4 Å². The van der Waals surface area contributed by atoms with E-state index in [1.165, 1.54) is 0 Å². The largest absolute Gasteiger partial charge is 0.369 e. The average molecular weight is 524 g/mol. The lowest BCUT2D eigenvalue weighted by Gasteiger charge is -2.30. The van der Waals surface area contributed by atoms with Crippen LogP contribution in [0.15, 0.2) is 4.99 Å². The summed E-state index contributed by atoms with van der Waals surface area (Å²) in [7, 11) is 1.91. The number of carbonyl (C=O) groups excluding carboxylic acids is 2. The molecule has 0 bridgehead atoms. The normalized spacial score (nSPS) is 15.5. The predicted molar refractivity (Wildman–Crippen MR) is 130 cm³/mol. The molecule has 0 aromatic heterocycles. The van der Waals surface area contributed by atoms with Gasteiger partial charge in [-0.25, -0.2) is 0 Å². The van der Waals surface area contributed by atoms with Gasteiger partial charge in [-0.3, -0.25) is 14.6 Å². The number of rotatable bonds is 11. The van der Waals surface area contributed by atoms with E-state index in [-0.39, 0.29) is 41.7 Å². The number of piperidine rings is 1. The maximum absolute atomic E-state index is 12.3. The first-order chi connectivity index (χ1) is 13.4. The minimum Gasteiger partial charge on any atom is -0.369 e. The standard InChI is InChI=1S/C20H40N6O2.HI/c1-5-22-20(24(4)16-18(27)26(6-2)7-3)23-12-8-9-13-25-14-10-17(11-15-25)19(21)28;/h17H,5-16H2,1-4H3,(H2,21,28)(H,22,23);1H. The van der Waals surface area contributed by atoms with Crippen LogP contribution >= 0.6 is 24.0 Å². The minimum absolute atomic E-state index is 0. The molecule has 0 radical (unpaired) electrons. The molecule has 1 saturated heterocycles. The fraction of sp³-hybridized carbons (Fsp3) is 0.850. The molecule has 0 saturated carbocycles. The Balaban J connectivity index is 0.00000784. The summed E-state index contributed by atoms with van der Waals surface area (Å²) in [5, 5.41) is 3.27. The minimum atomic E-state index is -0.159. The van der Waals surface area contributed by atoms with Crippen molar-refractivity contribution in [2.24, 2.45) is 16.6 Å². The molecule has 0 unspecified atom stereocenters. The second kappa shape index (κ2) is 15.7. The SMILES string of the molecule is CCNC(=NCCCCN1CCC(C(N)=O)CC1)N(C)CC(=O)N(CC)CC.I. The Morgan fingerprint density at radius 3 is 2.28 bits per heavy atom. The van der Waals surface area contributed by atoms with Crippen LogP contribution in [0, 0.1) is 5.92 Å². The zero-order valence-electron chi connectivity index (χ0n) is 18.7. The van der Waals surface area contributed by atoms with Gasteiger partial charge in [0.05, 0.1) is 6.54 Å². The Morgan fingerprint density at radius 1 is 1.14 bits per heavy atom. The lowest BCUT2D eigenvalue weighted by molar-refractivity contribution is -0.131. The van der Waals surface area contributed by atoms with Gasteiger partial charge in [0.2, 0.25) is 11.8 Å². The van der Waals surface area contributed by atoms with E-state index >= 15 is 0 Å². The van der Waals surface area contributed by atoms with E-state index in [1.807, 2.05) is 37.6 Å². The van der Waals surface area contributed by atoms with Gasteiger partial charge in [-0.05, 0) is 66.1 Å². The smallest absolute Gasteiger partial charge is 0.242 e. The molecule has 1 aliphatic heterocycles. The molecule has 0 atom stereocenters. The Bertz CT molecular complexity index is 505. The summed E-state index contributed by atoms with van der Waals surface area (Å²) < 4.78 is 0. The quantitative estimate of drug-likeness (QED) is 0.184. The number of nitrogens with zero attached hydrogens (tertiary/aromatic N) is 4. The van der Waals surface area contributed by atoms with Gasteiger partial charge in [0, 0.05) is 39.1 Å². The number of unbranched alkanes of at least 4 members (excludes halogenated alkanes) is 1. The summed E-state index contributed by atoms with van der Waals surface area (Å²) in [4.78, 5) is 34.4. The molecule has 1 rings (SSSR count). The first-order valence-electron chi connectivity index (χ1n) is 10.7. The second-order valence-electron chi connectivity index (χ2n) is 7.38. The second-order valence-corrected chi connectivity index (χ2v) is 7.38. The number of hydrogen-bond acceptors (Lipinski definition) is 4. The molecule has 0 aromatic rings. The number of hydrogen-bond donors (Lipinski definition) is 2. The van der Waals surface area contributed by atoms with Gasteiger partial charge in [0.1, 0.15) is 0 Å².